The number of halogens is 6. The maximum Gasteiger partial charge on any atom is 0.574 e. The van der Waals surface area contributed by atoms with Gasteiger partial charge in [-0.05, 0) is 0 Å². The van der Waals surface area contributed by atoms with Crippen molar-refractivity contribution >= 4 is 5.69 Å². The first-order valence-electron chi connectivity index (χ1n) is 4.28. The third-order valence-corrected chi connectivity index (χ3v) is 1.78. The van der Waals surface area contributed by atoms with Crippen LogP contribution < -0.4 is 10.5 Å². The van der Waals surface area contributed by atoms with Crippen molar-refractivity contribution in [1.29, 1.82) is 0 Å². The van der Waals surface area contributed by atoms with Gasteiger partial charge in [0.05, 0.1) is 12.3 Å². The summed E-state index contributed by atoms with van der Waals surface area (Å²) in [6.45, 7) is -0.981. The Kier molecular flexibility index (Phi) is 3.60. The number of anilines is 1. The van der Waals surface area contributed by atoms with Gasteiger partial charge in [0.25, 0.3) is 0 Å². The minimum Gasteiger partial charge on any atom is -0.397 e. The topological polar surface area (TPSA) is 68.4 Å². The van der Waals surface area contributed by atoms with Crippen LogP contribution in [0, 0.1) is 0 Å². The third kappa shape index (κ3) is 3.39. The zero-order valence-corrected chi connectivity index (χ0v) is 8.43. The van der Waals surface area contributed by atoms with Gasteiger partial charge >= 0.3 is 12.5 Å². The molecule has 0 aliphatic carbocycles. The SMILES string of the molecule is Nc1c(CO)cc(OC(F)(F)F)nc1C(F)(F)F. The van der Waals surface area contributed by atoms with E-state index in [1.54, 1.807) is 0 Å². The lowest BCUT2D eigenvalue weighted by Gasteiger charge is -2.15. The molecule has 0 spiro atoms. The summed E-state index contributed by atoms with van der Waals surface area (Å²) in [5.41, 5.74) is 1.79. The largest absolute Gasteiger partial charge is 0.574 e. The number of alkyl halides is 6. The van der Waals surface area contributed by atoms with Gasteiger partial charge in [-0.25, -0.2) is 4.98 Å². The first kappa shape index (κ1) is 14.4. The highest BCUT2D eigenvalue weighted by atomic mass is 19.4. The summed E-state index contributed by atoms with van der Waals surface area (Å²) in [6.07, 6.45) is -10.3. The van der Waals surface area contributed by atoms with Gasteiger partial charge in [-0.2, -0.15) is 13.2 Å². The summed E-state index contributed by atoms with van der Waals surface area (Å²) >= 11 is 0. The predicted molar refractivity (Wildman–Crippen MR) is 46.3 cm³/mol. The highest BCUT2D eigenvalue weighted by Crippen LogP contribution is 2.36. The third-order valence-electron chi connectivity index (χ3n) is 1.78. The van der Waals surface area contributed by atoms with Crippen molar-refractivity contribution < 1.29 is 36.2 Å². The molecule has 4 nitrogen and oxygen atoms in total. The molecule has 10 heteroatoms. The Balaban J connectivity index is 3.31. The van der Waals surface area contributed by atoms with Crippen molar-refractivity contribution in [1.82, 2.24) is 4.98 Å². The number of hydrogen-bond donors (Lipinski definition) is 2. The van der Waals surface area contributed by atoms with Crippen molar-refractivity contribution in [2.24, 2.45) is 0 Å². The van der Waals surface area contributed by atoms with Crippen molar-refractivity contribution in [2.45, 2.75) is 19.1 Å². The molecule has 102 valence electrons. The summed E-state index contributed by atoms with van der Waals surface area (Å²) in [5, 5.41) is 8.72. The van der Waals surface area contributed by atoms with Crippen LogP contribution in [0.3, 0.4) is 0 Å². The molecule has 0 atom stereocenters. The smallest absolute Gasteiger partial charge is 0.397 e. The van der Waals surface area contributed by atoms with Gasteiger partial charge < -0.3 is 15.6 Å². The number of nitrogens with two attached hydrogens (primary N) is 1. The molecule has 1 aromatic rings. The van der Waals surface area contributed by atoms with E-state index in [0.29, 0.717) is 6.07 Å². The van der Waals surface area contributed by atoms with E-state index in [-0.39, 0.29) is 0 Å². The molecule has 0 fully saturated rings. The monoisotopic (exact) mass is 276 g/mol. The number of aromatic nitrogens is 1. The Bertz CT molecular complexity index is 442. The molecule has 0 saturated heterocycles. The fourth-order valence-corrected chi connectivity index (χ4v) is 1.10. The quantitative estimate of drug-likeness (QED) is 0.811. The normalized spacial score (nSPS) is 12.6. The van der Waals surface area contributed by atoms with E-state index in [0.717, 1.165) is 0 Å². The molecular formula is C8H6F6N2O2. The Hall–Kier alpha value is -1.71. The standard InChI is InChI=1S/C8H6F6N2O2/c9-7(10,11)6-5(15)3(2-17)1-4(16-6)18-8(12,13)14/h1,17H,2,15H2. The molecule has 18 heavy (non-hydrogen) atoms. The van der Waals surface area contributed by atoms with Crippen LogP contribution in [-0.4, -0.2) is 16.5 Å². The number of rotatable bonds is 2. The number of aliphatic hydroxyl groups excluding tert-OH is 1. The van der Waals surface area contributed by atoms with E-state index in [1.165, 1.54) is 0 Å². The maximum absolute atomic E-state index is 12.4. The molecule has 0 aliphatic rings. The van der Waals surface area contributed by atoms with Gasteiger partial charge in [-0.3, -0.25) is 0 Å². The Morgan fingerprint density at radius 3 is 2.17 bits per heavy atom. The molecule has 0 aromatic carbocycles. The number of nitrogens with zero attached hydrogens (tertiary/aromatic N) is 1. The van der Waals surface area contributed by atoms with E-state index in [4.69, 9.17) is 10.8 Å². The lowest BCUT2D eigenvalue weighted by Crippen LogP contribution is -2.21. The van der Waals surface area contributed by atoms with Crippen LogP contribution in [0.15, 0.2) is 6.07 Å². The van der Waals surface area contributed by atoms with Gasteiger partial charge in [0.15, 0.2) is 5.69 Å². The minimum absolute atomic E-state index is 0.484. The average molecular weight is 276 g/mol. The second-order valence-electron chi connectivity index (χ2n) is 3.09. The van der Waals surface area contributed by atoms with Crippen LogP contribution in [0.4, 0.5) is 32.0 Å². The summed E-state index contributed by atoms with van der Waals surface area (Å²) in [7, 11) is 0. The number of pyridine rings is 1. The van der Waals surface area contributed by atoms with E-state index < -0.39 is 42.0 Å². The molecule has 0 radical (unpaired) electrons. The molecular weight excluding hydrogens is 270 g/mol. The van der Waals surface area contributed by atoms with Gasteiger partial charge in [0, 0.05) is 11.6 Å². The highest BCUT2D eigenvalue weighted by Gasteiger charge is 2.38. The van der Waals surface area contributed by atoms with E-state index in [2.05, 4.69) is 9.72 Å². The average Bonchev–Trinajstić information content (AvgIpc) is 2.16. The first-order valence-corrected chi connectivity index (χ1v) is 4.28. The highest BCUT2D eigenvalue weighted by molar-refractivity contribution is 5.53. The van der Waals surface area contributed by atoms with E-state index >= 15 is 0 Å². The molecule has 1 aromatic heterocycles. The van der Waals surface area contributed by atoms with Crippen LogP contribution in [0.5, 0.6) is 5.88 Å². The minimum atomic E-state index is -5.20. The number of aliphatic hydroxyl groups is 1. The molecule has 0 amide bonds. The molecule has 1 rings (SSSR count). The number of nitrogen functional groups attached to an aromatic ring is 1. The van der Waals surface area contributed by atoms with Crippen molar-refractivity contribution in [3.63, 3.8) is 0 Å². The van der Waals surface area contributed by atoms with Crippen LogP contribution in [0.1, 0.15) is 11.3 Å². The van der Waals surface area contributed by atoms with Crippen LogP contribution in [-0.2, 0) is 12.8 Å². The number of ether oxygens (including phenoxy) is 1. The second kappa shape index (κ2) is 4.52. The van der Waals surface area contributed by atoms with Crippen molar-refractivity contribution in [3.8, 4) is 5.88 Å². The zero-order valence-electron chi connectivity index (χ0n) is 8.43. The summed E-state index contributed by atoms with van der Waals surface area (Å²) in [6, 6.07) is 0.484. The lowest BCUT2D eigenvalue weighted by atomic mass is 10.2. The number of hydrogen-bond acceptors (Lipinski definition) is 4. The van der Waals surface area contributed by atoms with Gasteiger partial charge in [0.1, 0.15) is 0 Å². The zero-order chi connectivity index (χ0) is 14.1. The summed E-state index contributed by atoms with van der Waals surface area (Å²) in [4.78, 5) is 2.63. The molecule has 0 aliphatic heterocycles. The second-order valence-corrected chi connectivity index (χ2v) is 3.09. The maximum atomic E-state index is 12.4. The summed E-state index contributed by atoms with van der Waals surface area (Å²) in [5.74, 6) is -1.34. The molecule has 0 saturated carbocycles. The Morgan fingerprint density at radius 2 is 1.78 bits per heavy atom. The lowest BCUT2D eigenvalue weighted by molar-refractivity contribution is -0.276. The fourth-order valence-electron chi connectivity index (χ4n) is 1.10. The summed E-state index contributed by atoms with van der Waals surface area (Å²) < 4.78 is 76.1. The van der Waals surface area contributed by atoms with Gasteiger partial charge in [-0.15, -0.1) is 13.2 Å². The van der Waals surface area contributed by atoms with Gasteiger partial charge in [-0.1, -0.05) is 0 Å². The molecule has 1 heterocycles. The van der Waals surface area contributed by atoms with E-state index in [1.807, 2.05) is 0 Å². The van der Waals surface area contributed by atoms with Gasteiger partial charge in [0.2, 0.25) is 5.88 Å². The fraction of sp³-hybridized carbons (Fsp3) is 0.375. The van der Waals surface area contributed by atoms with Crippen LogP contribution >= 0.6 is 0 Å². The molecule has 3 N–H and O–H groups in total. The predicted octanol–water partition coefficient (Wildman–Crippen LogP) is 2.07. The van der Waals surface area contributed by atoms with Crippen LogP contribution in [0.25, 0.3) is 0 Å². The molecule has 0 unspecified atom stereocenters. The van der Waals surface area contributed by atoms with Crippen LogP contribution in [0.2, 0.25) is 0 Å². The first-order chi connectivity index (χ1) is 8.04. The van der Waals surface area contributed by atoms with E-state index in [9.17, 15) is 26.3 Å². The Morgan fingerprint density at radius 1 is 1.22 bits per heavy atom. The van der Waals surface area contributed by atoms with Crippen molar-refractivity contribution in [3.05, 3.63) is 17.3 Å². The Labute approximate surface area is 96.0 Å². The van der Waals surface area contributed by atoms with Crippen molar-refractivity contribution in [2.75, 3.05) is 5.73 Å². The molecule has 0 bridgehead atoms.